The summed E-state index contributed by atoms with van der Waals surface area (Å²) < 4.78 is 7.43. The third-order valence-electron chi connectivity index (χ3n) is 3.95. The minimum Gasteiger partial charge on any atom is -0.476 e. The molecule has 1 N–H and O–H groups in total. The third kappa shape index (κ3) is 3.32. The average molecular weight is 313 g/mol. The van der Waals surface area contributed by atoms with Gasteiger partial charge in [-0.3, -0.25) is 4.98 Å². The molecule has 1 aliphatic rings. The summed E-state index contributed by atoms with van der Waals surface area (Å²) in [6, 6.07) is 3.75. The number of pyridine rings is 1. The van der Waals surface area contributed by atoms with Crippen molar-refractivity contribution >= 4 is 18.1 Å². The first kappa shape index (κ1) is 15.4. The second-order valence-corrected chi connectivity index (χ2v) is 5.54. The van der Waals surface area contributed by atoms with Crippen LogP contribution >= 0.6 is 0 Å². The van der Waals surface area contributed by atoms with Gasteiger partial charge < -0.3 is 9.84 Å². The SMILES string of the molecule is Cc1c(C=Cc2cccnc2)c(C(=O)O)nn1C1CCCCO1. The number of hydrogen-bond acceptors (Lipinski definition) is 4. The molecule has 1 unspecified atom stereocenters. The summed E-state index contributed by atoms with van der Waals surface area (Å²) in [5.74, 6) is -1.03. The van der Waals surface area contributed by atoms with Gasteiger partial charge in [-0.1, -0.05) is 18.2 Å². The van der Waals surface area contributed by atoms with Gasteiger partial charge in [0.15, 0.2) is 5.69 Å². The Balaban J connectivity index is 1.96. The Morgan fingerprint density at radius 2 is 2.30 bits per heavy atom. The predicted molar refractivity (Wildman–Crippen MR) is 85.9 cm³/mol. The molecule has 3 rings (SSSR count). The Bertz CT molecular complexity index is 716. The summed E-state index contributed by atoms with van der Waals surface area (Å²) in [4.78, 5) is 15.6. The van der Waals surface area contributed by atoms with Gasteiger partial charge in [-0.15, -0.1) is 0 Å². The summed E-state index contributed by atoms with van der Waals surface area (Å²) in [6.07, 6.45) is 9.82. The molecule has 0 saturated carbocycles. The molecule has 6 nitrogen and oxygen atoms in total. The third-order valence-corrected chi connectivity index (χ3v) is 3.95. The van der Waals surface area contributed by atoms with Gasteiger partial charge in [-0.2, -0.15) is 5.10 Å². The number of hydrogen-bond donors (Lipinski definition) is 1. The van der Waals surface area contributed by atoms with Crippen molar-refractivity contribution in [3.8, 4) is 0 Å². The zero-order valence-electron chi connectivity index (χ0n) is 13.0. The van der Waals surface area contributed by atoms with Gasteiger partial charge in [0.25, 0.3) is 0 Å². The number of aromatic carboxylic acids is 1. The fraction of sp³-hybridized carbons (Fsp3) is 0.353. The Morgan fingerprint density at radius 3 is 2.96 bits per heavy atom. The smallest absolute Gasteiger partial charge is 0.357 e. The van der Waals surface area contributed by atoms with Crippen molar-refractivity contribution in [3.63, 3.8) is 0 Å². The first-order valence-corrected chi connectivity index (χ1v) is 7.69. The van der Waals surface area contributed by atoms with Crippen LogP contribution in [0.25, 0.3) is 12.2 Å². The molecule has 120 valence electrons. The van der Waals surface area contributed by atoms with Crippen LogP contribution in [0.2, 0.25) is 0 Å². The van der Waals surface area contributed by atoms with Gasteiger partial charge in [0.2, 0.25) is 0 Å². The molecule has 0 amide bonds. The molecule has 1 fully saturated rings. The van der Waals surface area contributed by atoms with E-state index < -0.39 is 5.97 Å². The van der Waals surface area contributed by atoms with Crippen LogP contribution in [0.3, 0.4) is 0 Å². The normalized spacial score (nSPS) is 18.4. The topological polar surface area (TPSA) is 77.2 Å². The van der Waals surface area contributed by atoms with E-state index in [2.05, 4.69) is 10.1 Å². The van der Waals surface area contributed by atoms with Crippen LogP contribution in [0.15, 0.2) is 24.5 Å². The van der Waals surface area contributed by atoms with E-state index in [0.29, 0.717) is 12.2 Å². The molecule has 0 radical (unpaired) electrons. The maximum atomic E-state index is 11.5. The number of carbonyl (C=O) groups is 1. The van der Waals surface area contributed by atoms with E-state index in [1.807, 2.05) is 25.1 Å². The molecule has 2 aromatic rings. The van der Waals surface area contributed by atoms with Crippen molar-refractivity contribution < 1.29 is 14.6 Å². The number of carboxylic acids is 1. The highest BCUT2D eigenvalue weighted by Crippen LogP contribution is 2.27. The molecule has 1 aliphatic heterocycles. The van der Waals surface area contributed by atoms with Crippen LogP contribution in [0.1, 0.15) is 52.8 Å². The van der Waals surface area contributed by atoms with E-state index in [1.54, 1.807) is 23.2 Å². The van der Waals surface area contributed by atoms with Crippen molar-refractivity contribution in [2.75, 3.05) is 6.61 Å². The minimum absolute atomic E-state index is 0.0526. The van der Waals surface area contributed by atoms with E-state index in [4.69, 9.17) is 4.74 Å². The quantitative estimate of drug-likeness (QED) is 0.938. The number of carboxylic acid groups (broad SMARTS) is 1. The van der Waals surface area contributed by atoms with Crippen molar-refractivity contribution in [1.29, 1.82) is 0 Å². The Kier molecular flexibility index (Phi) is 4.52. The lowest BCUT2D eigenvalue weighted by molar-refractivity contribution is -0.0408. The van der Waals surface area contributed by atoms with Crippen LogP contribution in [0.5, 0.6) is 0 Å². The van der Waals surface area contributed by atoms with Gasteiger partial charge in [0.1, 0.15) is 6.23 Å². The largest absolute Gasteiger partial charge is 0.476 e. The molecule has 0 aromatic carbocycles. The summed E-state index contributed by atoms with van der Waals surface area (Å²) in [7, 11) is 0. The van der Waals surface area contributed by atoms with Crippen LogP contribution in [-0.2, 0) is 4.74 Å². The van der Waals surface area contributed by atoms with Crippen molar-refractivity contribution in [2.24, 2.45) is 0 Å². The Morgan fingerprint density at radius 1 is 1.43 bits per heavy atom. The molecule has 2 aromatic heterocycles. The fourth-order valence-electron chi connectivity index (χ4n) is 2.74. The number of nitrogens with zero attached hydrogens (tertiary/aromatic N) is 3. The van der Waals surface area contributed by atoms with Gasteiger partial charge in [0, 0.05) is 30.3 Å². The maximum absolute atomic E-state index is 11.5. The summed E-state index contributed by atoms with van der Waals surface area (Å²) >= 11 is 0. The lowest BCUT2D eigenvalue weighted by Crippen LogP contribution is -2.20. The Hall–Kier alpha value is -2.47. The van der Waals surface area contributed by atoms with Crippen molar-refractivity contribution in [1.82, 2.24) is 14.8 Å². The van der Waals surface area contributed by atoms with E-state index in [-0.39, 0.29) is 11.9 Å². The average Bonchev–Trinajstić information content (AvgIpc) is 2.92. The summed E-state index contributed by atoms with van der Waals surface area (Å²) in [6.45, 7) is 2.56. The van der Waals surface area contributed by atoms with Gasteiger partial charge in [-0.25, -0.2) is 9.48 Å². The first-order valence-electron chi connectivity index (χ1n) is 7.69. The highest BCUT2D eigenvalue weighted by atomic mass is 16.5. The molecule has 0 aliphatic carbocycles. The van der Waals surface area contributed by atoms with Gasteiger partial charge in [-0.05, 0) is 37.8 Å². The zero-order valence-corrected chi connectivity index (χ0v) is 13.0. The van der Waals surface area contributed by atoms with Crippen LogP contribution in [-0.4, -0.2) is 32.4 Å². The lowest BCUT2D eigenvalue weighted by Gasteiger charge is -2.23. The molecule has 0 spiro atoms. The van der Waals surface area contributed by atoms with Crippen molar-refractivity contribution in [3.05, 3.63) is 47.0 Å². The molecule has 3 heterocycles. The second-order valence-electron chi connectivity index (χ2n) is 5.54. The molecule has 1 saturated heterocycles. The van der Waals surface area contributed by atoms with E-state index >= 15 is 0 Å². The van der Waals surface area contributed by atoms with Gasteiger partial charge >= 0.3 is 5.97 Å². The van der Waals surface area contributed by atoms with E-state index in [9.17, 15) is 9.90 Å². The highest BCUT2D eigenvalue weighted by molar-refractivity contribution is 5.92. The number of rotatable bonds is 4. The monoisotopic (exact) mass is 313 g/mol. The van der Waals surface area contributed by atoms with E-state index in [1.165, 1.54) is 0 Å². The molecule has 1 atom stereocenters. The zero-order chi connectivity index (χ0) is 16.2. The van der Waals surface area contributed by atoms with E-state index in [0.717, 1.165) is 30.5 Å². The fourth-order valence-corrected chi connectivity index (χ4v) is 2.74. The summed E-state index contributed by atoms with van der Waals surface area (Å²) in [5.41, 5.74) is 2.37. The Labute approximate surface area is 134 Å². The highest BCUT2D eigenvalue weighted by Gasteiger charge is 2.24. The first-order chi connectivity index (χ1) is 11.2. The second kappa shape index (κ2) is 6.75. The summed E-state index contributed by atoms with van der Waals surface area (Å²) in [5, 5.41) is 13.7. The lowest BCUT2D eigenvalue weighted by atomic mass is 10.1. The predicted octanol–water partition coefficient (Wildman–Crippen LogP) is 3.15. The molecule has 6 heteroatoms. The molecular weight excluding hydrogens is 294 g/mol. The molecular formula is C17H19N3O3. The number of aromatic nitrogens is 3. The maximum Gasteiger partial charge on any atom is 0.357 e. The molecule has 0 bridgehead atoms. The van der Waals surface area contributed by atoms with Gasteiger partial charge in [0.05, 0.1) is 0 Å². The molecule has 23 heavy (non-hydrogen) atoms. The standard InChI is InChI=1S/C17H19N3O3/c1-12-14(8-7-13-5-4-9-18-11-13)16(17(21)22)19-20(12)15-6-2-3-10-23-15/h4-5,7-9,11,15H,2-3,6,10H2,1H3,(H,21,22). The van der Waals surface area contributed by atoms with Crippen LogP contribution in [0.4, 0.5) is 0 Å². The van der Waals surface area contributed by atoms with Crippen LogP contribution < -0.4 is 0 Å². The minimum atomic E-state index is -1.03. The van der Waals surface area contributed by atoms with Crippen LogP contribution in [0, 0.1) is 6.92 Å². The van der Waals surface area contributed by atoms with Crippen molar-refractivity contribution in [2.45, 2.75) is 32.4 Å². The number of ether oxygens (including phenoxy) is 1.